The second-order valence-electron chi connectivity index (χ2n) is 7.16. The smallest absolute Gasteiger partial charge is 0.408 e. The summed E-state index contributed by atoms with van der Waals surface area (Å²) >= 11 is 0. The molecule has 0 unspecified atom stereocenters. The molecule has 2 amide bonds. The summed E-state index contributed by atoms with van der Waals surface area (Å²) in [5.41, 5.74) is 1.62. The van der Waals surface area contributed by atoms with Crippen molar-refractivity contribution in [2.24, 2.45) is 5.92 Å². The number of carbonyl (C=O) groups excluding carboxylic acids is 2. The van der Waals surface area contributed by atoms with E-state index >= 15 is 0 Å². The highest BCUT2D eigenvalue weighted by Gasteiger charge is 2.30. The summed E-state index contributed by atoms with van der Waals surface area (Å²) in [5.74, 6) is -1.90. The van der Waals surface area contributed by atoms with Crippen LogP contribution in [0.1, 0.15) is 31.4 Å². The van der Waals surface area contributed by atoms with Crippen molar-refractivity contribution in [3.8, 4) is 0 Å². The number of benzene rings is 2. The number of rotatable bonds is 10. The first-order valence-electron chi connectivity index (χ1n) is 9.95. The van der Waals surface area contributed by atoms with Gasteiger partial charge in [-0.2, -0.15) is 0 Å². The van der Waals surface area contributed by atoms with Crippen molar-refractivity contribution >= 4 is 18.0 Å². The van der Waals surface area contributed by atoms with E-state index in [1.807, 2.05) is 62.4 Å². The van der Waals surface area contributed by atoms with Gasteiger partial charge >= 0.3 is 12.1 Å². The Hall–Kier alpha value is -3.35. The molecule has 2 aromatic carbocycles. The fraction of sp³-hybridized carbons (Fsp3) is 0.348. The van der Waals surface area contributed by atoms with Crippen molar-refractivity contribution in [1.29, 1.82) is 0 Å². The van der Waals surface area contributed by atoms with E-state index in [9.17, 15) is 19.5 Å². The van der Waals surface area contributed by atoms with Gasteiger partial charge in [0.05, 0.1) is 0 Å². The molecule has 0 fully saturated rings. The van der Waals surface area contributed by atoms with E-state index in [1.165, 1.54) is 0 Å². The van der Waals surface area contributed by atoms with Crippen LogP contribution in [0.25, 0.3) is 0 Å². The number of amides is 2. The lowest BCUT2D eigenvalue weighted by molar-refractivity contribution is -0.142. The predicted octanol–water partition coefficient (Wildman–Crippen LogP) is 3.14. The molecule has 7 nitrogen and oxygen atoms in total. The molecular formula is C23H28N2O5. The molecule has 7 heteroatoms. The molecule has 0 aliphatic carbocycles. The lowest BCUT2D eigenvalue weighted by atomic mass is 9.97. The van der Waals surface area contributed by atoms with Crippen LogP contribution < -0.4 is 10.6 Å². The third-order valence-corrected chi connectivity index (χ3v) is 4.88. The summed E-state index contributed by atoms with van der Waals surface area (Å²) in [5, 5.41) is 14.7. The average molecular weight is 412 g/mol. The predicted molar refractivity (Wildman–Crippen MR) is 113 cm³/mol. The Morgan fingerprint density at radius 2 is 1.50 bits per heavy atom. The standard InChI is InChI=1S/C23H28N2O5/c1-3-16(2)20(25-23(29)30-15-18-12-8-5-9-13-18)21(26)24-19(22(27)28)14-17-10-6-4-7-11-17/h4-13,16,19-20H,3,14-15H2,1-2H3,(H,24,26)(H,25,29)(H,27,28)/t16-,19-,20+/m1/s1. The SMILES string of the molecule is CC[C@@H](C)[C@H](NC(=O)OCc1ccccc1)C(=O)N[C@H](Cc1ccccc1)C(=O)O. The van der Waals surface area contributed by atoms with Gasteiger partial charge in [-0.15, -0.1) is 0 Å². The van der Waals surface area contributed by atoms with Crippen LogP contribution in [0.3, 0.4) is 0 Å². The molecule has 0 bridgehead atoms. The molecule has 0 heterocycles. The number of hydrogen-bond donors (Lipinski definition) is 3. The second kappa shape index (κ2) is 11.6. The lowest BCUT2D eigenvalue weighted by Crippen LogP contribution is -2.54. The zero-order chi connectivity index (χ0) is 21.9. The van der Waals surface area contributed by atoms with Crippen molar-refractivity contribution in [1.82, 2.24) is 10.6 Å². The maximum absolute atomic E-state index is 12.8. The first kappa shape index (κ1) is 22.9. The Morgan fingerprint density at radius 3 is 2.03 bits per heavy atom. The Bertz CT molecular complexity index is 826. The molecule has 0 aliphatic rings. The summed E-state index contributed by atoms with van der Waals surface area (Å²) in [6.45, 7) is 3.78. The van der Waals surface area contributed by atoms with Gasteiger partial charge in [0.15, 0.2) is 0 Å². The third kappa shape index (κ3) is 7.24. The van der Waals surface area contributed by atoms with Gasteiger partial charge in [-0.1, -0.05) is 80.9 Å². The van der Waals surface area contributed by atoms with Gasteiger partial charge < -0.3 is 20.5 Å². The molecule has 0 saturated carbocycles. The van der Waals surface area contributed by atoms with Crippen LogP contribution in [0, 0.1) is 5.92 Å². The van der Waals surface area contributed by atoms with Crippen molar-refractivity contribution in [2.75, 3.05) is 0 Å². The molecule has 160 valence electrons. The van der Waals surface area contributed by atoms with E-state index in [1.54, 1.807) is 12.1 Å². The zero-order valence-corrected chi connectivity index (χ0v) is 17.2. The summed E-state index contributed by atoms with van der Waals surface area (Å²) in [4.78, 5) is 36.7. The number of carbonyl (C=O) groups is 3. The van der Waals surface area contributed by atoms with Crippen LogP contribution in [-0.4, -0.2) is 35.2 Å². The van der Waals surface area contributed by atoms with Gasteiger partial charge in [0.2, 0.25) is 5.91 Å². The second-order valence-corrected chi connectivity index (χ2v) is 7.16. The number of carboxylic acid groups (broad SMARTS) is 1. The molecule has 2 aromatic rings. The summed E-state index contributed by atoms with van der Waals surface area (Å²) in [6, 6.07) is 16.2. The van der Waals surface area contributed by atoms with Crippen LogP contribution in [0.15, 0.2) is 60.7 Å². The highest BCUT2D eigenvalue weighted by Crippen LogP contribution is 2.11. The molecule has 0 spiro atoms. The van der Waals surface area contributed by atoms with Crippen molar-refractivity contribution in [2.45, 2.75) is 45.4 Å². The number of hydrogen-bond acceptors (Lipinski definition) is 4. The average Bonchev–Trinajstić information content (AvgIpc) is 2.76. The molecule has 30 heavy (non-hydrogen) atoms. The molecule has 0 aliphatic heterocycles. The summed E-state index contributed by atoms with van der Waals surface area (Å²) in [6.07, 6.45) is 0.0374. The van der Waals surface area contributed by atoms with Crippen LogP contribution in [-0.2, 0) is 27.4 Å². The molecule has 2 rings (SSSR count). The fourth-order valence-corrected chi connectivity index (χ4v) is 2.91. The minimum atomic E-state index is -1.14. The Labute approximate surface area is 176 Å². The monoisotopic (exact) mass is 412 g/mol. The molecule has 0 saturated heterocycles. The van der Waals surface area contributed by atoms with E-state index in [2.05, 4.69) is 10.6 Å². The first-order chi connectivity index (χ1) is 14.4. The van der Waals surface area contributed by atoms with Gasteiger partial charge in [0.1, 0.15) is 18.7 Å². The van der Waals surface area contributed by atoms with Gasteiger partial charge in [-0.3, -0.25) is 4.79 Å². The fourth-order valence-electron chi connectivity index (χ4n) is 2.91. The van der Waals surface area contributed by atoms with E-state index in [4.69, 9.17) is 4.74 Å². The highest BCUT2D eigenvalue weighted by molar-refractivity contribution is 5.89. The van der Waals surface area contributed by atoms with E-state index in [0.717, 1.165) is 11.1 Å². The normalized spacial score (nSPS) is 13.5. The first-order valence-corrected chi connectivity index (χ1v) is 9.95. The van der Waals surface area contributed by atoms with Gasteiger partial charge in [-0.25, -0.2) is 9.59 Å². The number of ether oxygens (including phenoxy) is 1. The number of nitrogens with one attached hydrogen (secondary N) is 2. The van der Waals surface area contributed by atoms with Crippen molar-refractivity contribution in [3.05, 3.63) is 71.8 Å². The van der Waals surface area contributed by atoms with Crippen LogP contribution in [0.4, 0.5) is 4.79 Å². The van der Waals surface area contributed by atoms with Crippen LogP contribution in [0.5, 0.6) is 0 Å². The summed E-state index contributed by atoms with van der Waals surface area (Å²) in [7, 11) is 0. The van der Waals surface area contributed by atoms with Gasteiger partial charge in [0, 0.05) is 6.42 Å². The minimum Gasteiger partial charge on any atom is -0.480 e. The quantitative estimate of drug-likeness (QED) is 0.556. The van der Waals surface area contributed by atoms with Gasteiger partial charge in [0.25, 0.3) is 0 Å². The van der Waals surface area contributed by atoms with Crippen molar-refractivity contribution < 1.29 is 24.2 Å². The molecule has 0 radical (unpaired) electrons. The Balaban J connectivity index is 2.00. The molecule has 0 aromatic heterocycles. The van der Waals surface area contributed by atoms with Crippen molar-refractivity contribution in [3.63, 3.8) is 0 Å². The molecule has 3 N–H and O–H groups in total. The van der Waals surface area contributed by atoms with Gasteiger partial charge in [-0.05, 0) is 17.0 Å². The van der Waals surface area contributed by atoms with E-state index < -0.39 is 30.1 Å². The summed E-state index contributed by atoms with van der Waals surface area (Å²) < 4.78 is 5.21. The zero-order valence-electron chi connectivity index (χ0n) is 17.2. The van der Waals surface area contributed by atoms with Crippen LogP contribution in [0.2, 0.25) is 0 Å². The number of aliphatic carboxylic acids is 1. The molecular weight excluding hydrogens is 384 g/mol. The van der Waals surface area contributed by atoms with E-state index in [-0.39, 0.29) is 18.9 Å². The largest absolute Gasteiger partial charge is 0.480 e. The molecule has 3 atom stereocenters. The van der Waals surface area contributed by atoms with Crippen LogP contribution >= 0.6 is 0 Å². The topological polar surface area (TPSA) is 105 Å². The maximum Gasteiger partial charge on any atom is 0.408 e. The third-order valence-electron chi connectivity index (χ3n) is 4.88. The lowest BCUT2D eigenvalue weighted by Gasteiger charge is -2.25. The minimum absolute atomic E-state index is 0.0767. The Kier molecular flexibility index (Phi) is 8.87. The number of carboxylic acids is 1. The van der Waals surface area contributed by atoms with E-state index in [0.29, 0.717) is 6.42 Å². The number of alkyl carbamates (subject to hydrolysis) is 1. The highest BCUT2D eigenvalue weighted by atomic mass is 16.5. The Morgan fingerprint density at radius 1 is 0.933 bits per heavy atom. The maximum atomic E-state index is 12.8.